The van der Waals surface area contributed by atoms with Gasteiger partial charge in [0.2, 0.25) is 11.8 Å². The van der Waals surface area contributed by atoms with Crippen molar-refractivity contribution in [3.05, 3.63) is 29.3 Å². The Morgan fingerprint density at radius 3 is 2.40 bits per heavy atom. The van der Waals surface area contributed by atoms with E-state index in [2.05, 4.69) is 10.2 Å². The van der Waals surface area contributed by atoms with Gasteiger partial charge < -0.3 is 19.9 Å². The molecule has 1 unspecified atom stereocenters. The molecular weight excluding hydrogens is 468 g/mol. The lowest BCUT2D eigenvalue weighted by atomic mass is 9.95. The van der Waals surface area contributed by atoms with Crippen LogP contribution in [-0.2, 0) is 14.4 Å². The second kappa shape index (κ2) is 12.6. The second-order valence-electron chi connectivity index (χ2n) is 9.78. The Labute approximate surface area is 212 Å². The SMILES string of the molecule is O=C(NCCCN1CCCC1=O)C(C1CCCC1)N1CCN(C(=O)COc2ccc(Cl)cc2)CC1. The van der Waals surface area contributed by atoms with Crippen molar-refractivity contribution in [1.82, 2.24) is 20.0 Å². The van der Waals surface area contributed by atoms with Gasteiger partial charge >= 0.3 is 0 Å². The number of amides is 3. The van der Waals surface area contributed by atoms with Crippen LogP contribution in [-0.4, -0.2) is 90.9 Å². The molecule has 1 aromatic rings. The molecule has 2 heterocycles. The lowest BCUT2D eigenvalue weighted by Crippen LogP contribution is -2.58. The molecule has 9 heteroatoms. The first-order chi connectivity index (χ1) is 17.0. The Balaban J connectivity index is 1.23. The minimum Gasteiger partial charge on any atom is -0.484 e. The smallest absolute Gasteiger partial charge is 0.260 e. The lowest BCUT2D eigenvalue weighted by molar-refractivity contribution is -0.137. The first kappa shape index (κ1) is 25.8. The Morgan fingerprint density at radius 1 is 1.03 bits per heavy atom. The number of hydrogen-bond donors (Lipinski definition) is 1. The fourth-order valence-electron chi connectivity index (χ4n) is 5.49. The van der Waals surface area contributed by atoms with Gasteiger partial charge in [-0.05, 0) is 55.9 Å². The average Bonchev–Trinajstić information content (AvgIpc) is 3.54. The van der Waals surface area contributed by atoms with Gasteiger partial charge in [-0.15, -0.1) is 0 Å². The molecule has 3 amide bonds. The summed E-state index contributed by atoms with van der Waals surface area (Å²) in [5, 5.41) is 3.77. The molecule has 0 spiro atoms. The number of halogens is 1. The van der Waals surface area contributed by atoms with E-state index >= 15 is 0 Å². The van der Waals surface area contributed by atoms with Gasteiger partial charge in [-0.3, -0.25) is 19.3 Å². The number of hydrogen-bond acceptors (Lipinski definition) is 5. The third-order valence-electron chi connectivity index (χ3n) is 7.43. The van der Waals surface area contributed by atoms with Crippen LogP contribution in [0, 0.1) is 5.92 Å². The number of benzene rings is 1. The molecule has 0 aromatic heterocycles. The summed E-state index contributed by atoms with van der Waals surface area (Å²) in [6.07, 6.45) is 6.88. The summed E-state index contributed by atoms with van der Waals surface area (Å²) in [4.78, 5) is 43.7. The minimum atomic E-state index is -0.145. The summed E-state index contributed by atoms with van der Waals surface area (Å²) in [7, 11) is 0. The molecule has 1 N–H and O–H groups in total. The van der Waals surface area contributed by atoms with Gasteiger partial charge in [0.1, 0.15) is 5.75 Å². The Kier molecular flexibility index (Phi) is 9.26. The zero-order valence-electron chi connectivity index (χ0n) is 20.4. The Bertz CT molecular complexity index is 867. The number of carbonyl (C=O) groups is 3. The maximum atomic E-state index is 13.2. The number of ether oxygens (including phenoxy) is 1. The Hall–Kier alpha value is -2.32. The van der Waals surface area contributed by atoms with Gasteiger partial charge in [0, 0.05) is 57.3 Å². The molecule has 1 atom stereocenters. The zero-order chi connectivity index (χ0) is 24.6. The first-order valence-corrected chi connectivity index (χ1v) is 13.3. The highest BCUT2D eigenvalue weighted by Gasteiger charge is 2.37. The molecule has 1 aromatic carbocycles. The maximum absolute atomic E-state index is 13.2. The molecule has 192 valence electrons. The number of rotatable bonds is 10. The highest BCUT2D eigenvalue weighted by molar-refractivity contribution is 6.30. The van der Waals surface area contributed by atoms with Gasteiger partial charge in [0.05, 0.1) is 6.04 Å². The van der Waals surface area contributed by atoms with Crippen LogP contribution in [0.3, 0.4) is 0 Å². The van der Waals surface area contributed by atoms with Crippen molar-refractivity contribution in [3.63, 3.8) is 0 Å². The number of carbonyl (C=O) groups excluding carboxylic acids is 3. The van der Waals surface area contributed by atoms with Gasteiger partial charge in [-0.2, -0.15) is 0 Å². The van der Waals surface area contributed by atoms with Crippen molar-refractivity contribution in [3.8, 4) is 5.75 Å². The van der Waals surface area contributed by atoms with Crippen LogP contribution < -0.4 is 10.1 Å². The van der Waals surface area contributed by atoms with Crippen molar-refractivity contribution < 1.29 is 19.1 Å². The van der Waals surface area contributed by atoms with Crippen molar-refractivity contribution >= 4 is 29.3 Å². The zero-order valence-corrected chi connectivity index (χ0v) is 21.2. The number of nitrogens with zero attached hydrogens (tertiary/aromatic N) is 3. The van der Waals surface area contributed by atoms with Crippen LogP contribution in [0.5, 0.6) is 5.75 Å². The van der Waals surface area contributed by atoms with E-state index < -0.39 is 0 Å². The molecule has 1 aliphatic carbocycles. The number of piperazine rings is 1. The predicted molar refractivity (Wildman–Crippen MR) is 134 cm³/mol. The monoisotopic (exact) mass is 504 g/mol. The maximum Gasteiger partial charge on any atom is 0.260 e. The second-order valence-corrected chi connectivity index (χ2v) is 10.2. The molecule has 3 fully saturated rings. The molecule has 4 rings (SSSR count). The highest BCUT2D eigenvalue weighted by Crippen LogP contribution is 2.31. The van der Waals surface area contributed by atoms with E-state index in [1.807, 2.05) is 9.80 Å². The fraction of sp³-hybridized carbons (Fsp3) is 0.654. The van der Waals surface area contributed by atoms with E-state index in [1.54, 1.807) is 24.3 Å². The molecule has 0 bridgehead atoms. The normalized spacial score (nSPS) is 20.3. The molecular formula is C26H37ClN4O4. The molecule has 0 radical (unpaired) electrons. The van der Waals surface area contributed by atoms with Crippen LogP contribution in [0.2, 0.25) is 5.02 Å². The van der Waals surface area contributed by atoms with E-state index in [0.29, 0.717) is 62.4 Å². The molecule has 35 heavy (non-hydrogen) atoms. The number of likely N-dealkylation sites (tertiary alicyclic amines) is 1. The summed E-state index contributed by atoms with van der Waals surface area (Å²) in [5.74, 6) is 1.26. The molecule has 8 nitrogen and oxygen atoms in total. The number of nitrogens with one attached hydrogen (secondary N) is 1. The van der Waals surface area contributed by atoms with Crippen LogP contribution >= 0.6 is 11.6 Å². The van der Waals surface area contributed by atoms with Gasteiger partial charge in [-0.25, -0.2) is 0 Å². The predicted octanol–water partition coefficient (Wildman–Crippen LogP) is 2.55. The standard InChI is InChI=1S/C26H37ClN4O4/c27-21-8-10-22(11-9-21)35-19-24(33)30-15-17-31(18-16-30)25(20-5-1-2-6-20)26(34)28-12-4-14-29-13-3-7-23(29)32/h8-11,20,25H,1-7,12-19H2,(H,28,34). The van der Waals surface area contributed by atoms with Gasteiger partial charge in [0.25, 0.3) is 5.91 Å². The van der Waals surface area contributed by atoms with Gasteiger partial charge in [0.15, 0.2) is 6.61 Å². The van der Waals surface area contributed by atoms with Crippen LogP contribution in [0.25, 0.3) is 0 Å². The average molecular weight is 505 g/mol. The molecule has 1 saturated carbocycles. The summed E-state index contributed by atoms with van der Waals surface area (Å²) < 4.78 is 5.62. The van der Waals surface area contributed by atoms with Gasteiger partial charge in [-0.1, -0.05) is 24.4 Å². The van der Waals surface area contributed by atoms with Crippen molar-refractivity contribution in [2.24, 2.45) is 5.92 Å². The third-order valence-corrected chi connectivity index (χ3v) is 7.68. The van der Waals surface area contributed by atoms with E-state index in [4.69, 9.17) is 16.3 Å². The van der Waals surface area contributed by atoms with E-state index in [0.717, 1.165) is 32.2 Å². The van der Waals surface area contributed by atoms with Crippen molar-refractivity contribution in [2.75, 3.05) is 52.4 Å². The largest absolute Gasteiger partial charge is 0.484 e. The third kappa shape index (κ3) is 7.10. The van der Waals surface area contributed by atoms with E-state index in [-0.39, 0.29) is 30.4 Å². The molecule has 2 saturated heterocycles. The van der Waals surface area contributed by atoms with Crippen LogP contribution in [0.4, 0.5) is 0 Å². The van der Waals surface area contributed by atoms with Crippen molar-refractivity contribution in [2.45, 2.75) is 51.0 Å². The first-order valence-electron chi connectivity index (χ1n) is 13.0. The molecule has 3 aliphatic rings. The van der Waals surface area contributed by atoms with E-state index in [9.17, 15) is 14.4 Å². The van der Waals surface area contributed by atoms with Crippen LogP contribution in [0.1, 0.15) is 44.9 Å². The van der Waals surface area contributed by atoms with Crippen molar-refractivity contribution in [1.29, 1.82) is 0 Å². The Morgan fingerprint density at radius 2 is 1.74 bits per heavy atom. The fourth-order valence-corrected chi connectivity index (χ4v) is 5.62. The highest BCUT2D eigenvalue weighted by atomic mass is 35.5. The minimum absolute atomic E-state index is 0.00626. The topological polar surface area (TPSA) is 82.2 Å². The lowest BCUT2D eigenvalue weighted by Gasteiger charge is -2.40. The van der Waals surface area contributed by atoms with Crippen LogP contribution in [0.15, 0.2) is 24.3 Å². The molecule has 2 aliphatic heterocycles. The van der Waals surface area contributed by atoms with E-state index in [1.165, 1.54) is 12.8 Å². The summed E-state index contributed by atoms with van der Waals surface area (Å²) >= 11 is 5.89. The summed E-state index contributed by atoms with van der Waals surface area (Å²) in [6.45, 7) is 4.69. The summed E-state index contributed by atoms with van der Waals surface area (Å²) in [5.41, 5.74) is 0. The summed E-state index contributed by atoms with van der Waals surface area (Å²) in [6, 6.07) is 6.83. The quantitative estimate of drug-likeness (QED) is 0.495.